The van der Waals surface area contributed by atoms with E-state index in [0.29, 0.717) is 38.6 Å². The van der Waals surface area contributed by atoms with Crippen LogP contribution < -0.4 is 10.3 Å². The van der Waals surface area contributed by atoms with E-state index in [0.717, 1.165) is 5.69 Å². The third kappa shape index (κ3) is 4.83. The fraction of sp³-hybridized carbons (Fsp3) is 0.476. The van der Waals surface area contributed by atoms with E-state index in [2.05, 4.69) is 4.98 Å². The first-order valence-corrected chi connectivity index (χ1v) is 9.84. The molecule has 0 bridgehead atoms. The molecule has 2 fully saturated rings. The predicted octanol–water partition coefficient (Wildman–Crippen LogP) is 1.02. The van der Waals surface area contributed by atoms with Crippen molar-refractivity contribution in [3.63, 3.8) is 0 Å². The lowest BCUT2D eigenvalue weighted by Crippen LogP contribution is -2.33. The van der Waals surface area contributed by atoms with E-state index in [1.807, 2.05) is 19.1 Å². The number of hydrogen-bond acceptors (Lipinski definition) is 6. The number of likely N-dealkylation sites (tertiary alicyclic amines) is 1. The largest absolute Gasteiger partial charge is 0.484 e. The van der Waals surface area contributed by atoms with Crippen LogP contribution in [0, 0.1) is 6.92 Å². The Morgan fingerprint density at radius 3 is 2.59 bits per heavy atom. The van der Waals surface area contributed by atoms with E-state index in [-0.39, 0.29) is 36.2 Å². The SMILES string of the molecule is Cc1ccc(OC2CO[C@H]3CN(C(=O)CCn4ccccc4=O)C[C@@H]3OC2)cn1. The van der Waals surface area contributed by atoms with Gasteiger partial charge in [-0.15, -0.1) is 0 Å². The fourth-order valence-electron chi connectivity index (χ4n) is 3.58. The van der Waals surface area contributed by atoms with E-state index in [4.69, 9.17) is 14.2 Å². The van der Waals surface area contributed by atoms with Crippen LogP contribution in [0.2, 0.25) is 0 Å². The first-order valence-electron chi connectivity index (χ1n) is 9.84. The van der Waals surface area contributed by atoms with Crippen LogP contribution in [0.3, 0.4) is 0 Å². The van der Waals surface area contributed by atoms with Crippen LogP contribution in [-0.2, 0) is 20.8 Å². The van der Waals surface area contributed by atoms with E-state index in [9.17, 15) is 9.59 Å². The van der Waals surface area contributed by atoms with Crippen LogP contribution in [0.15, 0.2) is 47.5 Å². The second-order valence-electron chi connectivity index (χ2n) is 7.40. The van der Waals surface area contributed by atoms with Gasteiger partial charge in [0.15, 0.2) is 0 Å². The average molecular weight is 399 g/mol. The zero-order valence-corrected chi connectivity index (χ0v) is 16.4. The molecule has 0 aromatic carbocycles. The lowest BCUT2D eigenvalue weighted by Gasteiger charge is -2.19. The number of carbonyl (C=O) groups is 1. The Balaban J connectivity index is 1.27. The Bertz CT molecular complexity index is 882. The van der Waals surface area contributed by atoms with Crippen molar-refractivity contribution in [1.29, 1.82) is 0 Å². The molecule has 4 heterocycles. The van der Waals surface area contributed by atoms with E-state index >= 15 is 0 Å². The number of aryl methyl sites for hydroxylation is 2. The molecule has 29 heavy (non-hydrogen) atoms. The van der Waals surface area contributed by atoms with Crippen LogP contribution >= 0.6 is 0 Å². The molecule has 2 aromatic heterocycles. The van der Waals surface area contributed by atoms with Crippen LogP contribution in [0.1, 0.15) is 12.1 Å². The molecule has 154 valence electrons. The van der Waals surface area contributed by atoms with Crippen molar-refractivity contribution in [2.45, 2.75) is 38.2 Å². The Labute approximate surface area is 169 Å². The molecule has 0 radical (unpaired) electrons. The maximum absolute atomic E-state index is 12.6. The van der Waals surface area contributed by atoms with Crippen molar-refractivity contribution in [3.05, 3.63) is 58.8 Å². The quantitative estimate of drug-likeness (QED) is 0.747. The molecule has 2 aromatic rings. The van der Waals surface area contributed by atoms with Gasteiger partial charge in [0.1, 0.15) is 24.1 Å². The van der Waals surface area contributed by atoms with E-state index in [1.54, 1.807) is 34.0 Å². The number of fused-ring (bicyclic) bond motifs is 1. The molecule has 2 aliphatic rings. The summed E-state index contributed by atoms with van der Waals surface area (Å²) in [4.78, 5) is 30.3. The average Bonchev–Trinajstić information content (AvgIpc) is 3.05. The summed E-state index contributed by atoms with van der Waals surface area (Å²) < 4.78 is 19.4. The van der Waals surface area contributed by atoms with Crippen LogP contribution in [-0.4, -0.2) is 65.0 Å². The van der Waals surface area contributed by atoms with E-state index in [1.165, 1.54) is 6.07 Å². The van der Waals surface area contributed by atoms with Gasteiger partial charge in [-0.25, -0.2) is 0 Å². The van der Waals surface area contributed by atoms with Gasteiger partial charge in [0.25, 0.3) is 5.56 Å². The van der Waals surface area contributed by atoms with Gasteiger partial charge in [-0.2, -0.15) is 0 Å². The third-order valence-corrected chi connectivity index (χ3v) is 5.21. The summed E-state index contributed by atoms with van der Waals surface area (Å²) in [5.74, 6) is 0.687. The Morgan fingerprint density at radius 2 is 1.93 bits per heavy atom. The highest BCUT2D eigenvalue weighted by molar-refractivity contribution is 5.76. The van der Waals surface area contributed by atoms with Crippen LogP contribution in [0.5, 0.6) is 5.75 Å². The molecule has 0 aliphatic carbocycles. The molecular weight excluding hydrogens is 374 g/mol. The third-order valence-electron chi connectivity index (χ3n) is 5.21. The second kappa shape index (κ2) is 8.75. The molecule has 4 rings (SSSR count). The number of hydrogen-bond donors (Lipinski definition) is 0. The summed E-state index contributed by atoms with van der Waals surface area (Å²) in [5, 5.41) is 0. The minimum atomic E-state index is -0.209. The normalized spacial score (nSPS) is 22.2. The van der Waals surface area contributed by atoms with Crippen molar-refractivity contribution in [3.8, 4) is 5.75 Å². The van der Waals surface area contributed by atoms with Gasteiger partial charge in [0, 0.05) is 44.0 Å². The summed E-state index contributed by atoms with van der Waals surface area (Å²) in [6, 6.07) is 8.75. The maximum Gasteiger partial charge on any atom is 0.250 e. The van der Waals surface area contributed by atoms with Gasteiger partial charge in [-0.05, 0) is 25.1 Å². The summed E-state index contributed by atoms with van der Waals surface area (Å²) in [6.07, 6.45) is 3.12. The highest BCUT2D eigenvalue weighted by atomic mass is 16.6. The van der Waals surface area contributed by atoms with Gasteiger partial charge in [-0.3, -0.25) is 14.6 Å². The Morgan fingerprint density at radius 1 is 1.17 bits per heavy atom. The fourth-order valence-corrected chi connectivity index (χ4v) is 3.58. The first kappa shape index (κ1) is 19.6. The molecule has 8 nitrogen and oxygen atoms in total. The zero-order valence-electron chi connectivity index (χ0n) is 16.4. The molecule has 0 unspecified atom stereocenters. The molecule has 0 spiro atoms. The predicted molar refractivity (Wildman–Crippen MR) is 105 cm³/mol. The molecule has 0 saturated carbocycles. The standard InChI is InChI=1S/C21H25N3O5/c1-15-5-6-16(10-22-15)29-17-13-27-18-11-24(12-19(18)28-14-17)21(26)7-9-23-8-3-2-4-20(23)25/h2-6,8,10,17-19H,7,9,11-14H2,1H3/t18-,19-/m0/s1. The number of aromatic nitrogens is 2. The molecular formula is C21H25N3O5. The topological polar surface area (TPSA) is 82.9 Å². The van der Waals surface area contributed by atoms with E-state index < -0.39 is 0 Å². The number of rotatable bonds is 5. The van der Waals surface area contributed by atoms with Gasteiger partial charge >= 0.3 is 0 Å². The van der Waals surface area contributed by atoms with Crippen molar-refractivity contribution in [1.82, 2.24) is 14.5 Å². The van der Waals surface area contributed by atoms with Crippen LogP contribution in [0.25, 0.3) is 0 Å². The van der Waals surface area contributed by atoms with Crippen LogP contribution in [0.4, 0.5) is 0 Å². The Kier molecular flexibility index (Phi) is 5.92. The lowest BCUT2D eigenvalue weighted by atomic mass is 10.3. The van der Waals surface area contributed by atoms with Crippen molar-refractivity contribution in [2.24, 2.45) is 0 Å². The van der Waals surface area contributed by atoms with Gasteiger partial charge in [-0.1, -0.05) is 6.07 Å². The molecule has 2 atom stereocenters. The highest BCUT2D eigenvalue weighted by Crippen LogP contribution is 2.22. The lowest BCUT2D eigenvalue weighted by molar-refractivity contribution is -0.131. The number of pyridine rings is 2. The number of carbonyl (C=O) groups excluding carboxylic acids is 1. The number of amides is 1. The molecule has 2 aliphatic heterocycles. The zero-order chi connectivity index (χ0) is 20.2. The summed E-state index contributed by atoms with van der Waals surface area (Å²) in [6.45, 7) is 4.07. The van der Waals surface area contributed by atoms with Crippen molar-refractivity contribution in [2.75, 3.05) is 26.3 Å². The number of nitrogens with zero attached hydrogens (tertiary/aromatic N) is 3. The number of ether oxygens (including phenoxy) is 3. The van der Waals surface area contributed by atoms with Gasteiger partial charge in [0.2, 0.25) is 5.91 Å². The highest BCUT2D eigenvalue weighted by Gasteiger charge is 2.39. The first-order chi connectivity index (χ1) is 14.1. The Hall–Kier alpha value is -2.71. The minimum Gasteiger partial charge on any atom is -0.484 e. The van der Waals surface area contributed by atoms with Crippen molar-refractivity contribution >= 4 is 5.91 Å². The molecule has 1 amide bonds. The molecule has 2 saturated heterocycles. The van der Waals surface area contributed by atoms with Gasteiger partial charge in [0.05, 0.1) is 19.4 Å². The molecule has 0 N–H and O–H groups in total. The molecule has 8 heteroatoms. The summed E-state index contributed by atoms with van der Waals surface area (Å²) >= 11 is 0. The second-order valence-corrected chi connectivity index (χ2v) is 7.40. The smallest absolute Gasteiger partial charge is 0.250 e. The monoisotopic (exact) mass is 399 g/mol. The summed E-state index contributed by atoms with van der Waals surface area (Å²) in [7, 11) is 0. The summed E-state index contributed by atoms with van der Waals surface area (Å²) in [5.41, 5.74) is 0.829. The van der Waals surface area contributed by atoms with Crippen molar-refractivity contribution < 1.29 is 19.0 Å². The minimum absolute atomic E-state index is 0.000411. The maximum atomic E-state index is 12.6. The van der Waals surface area contributed by atoms with Gasteiger partial charge < -0.3 is 23.7 Å².